The van der Waals surface area contributed by atoms with Crippen molar-refractivity contribution >= 4 is 65.2 Å². The van der Waals surface area contributed by atoms with E-state index in [4.69, 9.17) is 0 Å². The van der Waals surface area contributed by atoms with Crippen LogP contribution in [0.5, 0.6) is 0 Å². The van der Waals surface area contributed by atoms with E-state index in [0.29, 0.717) is 0 Å². The first-order chi connectivity index (χ1) is 20.8. The van der Waals surface area contributed by atoms with E-state index >= 15 is 0 Å². The molecule has 0 bridgehead atoms. The lowest BCUT2D eigenvalue weighted by molar-refractivity contribution is 0.332. The summed E-state index contributed by atoms with van der Waals surface area (Å²) in [5.74, 6) is 0. The summed E-state index contributed by atoms with van der Waals surface area (Å²) in [7, 11) is 0. The van der Waals surface area contributed by atoms with Crippen LogP contribution in [0.3, 0.4) is 0 Å². The van der Waals surface area contributed by atoms with Crippen LogP contribution in [0.15, 0.2) is 103 Å². The normalized spacial score (nSPS) is 16.2. The highest BCUT2D eigenvalue weighted by molar-refractivity contribution is 6.33. The number of rotatable bonds is 2. The predicted molar refractivity (Wildman–Crippen MR) is 185 cm³/mol. The number of fused-ring (bicyclic) bond motifs is 12. The molecule has 2 nitrogen and oxygen atoms in total. The minimum atomic E-state index is 0.174. The van der Waals surface area contributed by atoms with Crippen molar-refractivity contribution in [1.82, 2.24) is 9.55 Å². The Kier molecular flexibility index (Phi) is 4.94. The molecule has 0 saturated carbocycles. The first-order valence-electron chi connectivity index (χ1n) is 15.7. The summed E-state index contributed by atoms with van der Waals surface area (Å²) in [5.41, 5.74) is 9.76. The zero-order valence-corrected chi connectivity index (χ0v) is 25.4. The molecule has 0 radical (unpaired) electrons. The van der Waals surface area contributed by atoms with Crippen LogP contribution in [0, 0.1) is 0 Å². The predicted octanol–water partition coefficient (Wildman–Crippen LogP) is 11.1. The molecule has 210 valence electrons. The van der Waals surface area contributed by atoms with Crippen LogP contribution in [0.4, 0.5) is 0 Å². The third kappa shape index (κ3) is 3.47. The fourth-order valence-electron chi connectivity index (χ4n) is 8.15. The second kappa shape index (κ2) is 8.51. The summed E-state index contributed by atoms with van der Waals surface area (Å²) >= 11 is 0. The standard InChI is InChI=1S/C41H36N2/c1-40(2)18-19-41(3,4)34-22-35-31(21-33(34)40)30-20-32-37(23-36(30)42-35)43(24-25-12-6-5-7-13-25)39-29-17-11-9-15-27(29)26-14-8-10-16-28(26)38(32)39/h5-17,20-23,42H,18-19,24H2,1-4H3. The molecule has 6 aromatic carbocycles. The molecule has 2 aromatic heterocycles. The van der Waals surface area contributed by atoms with Gasteiger partial charge in [0.2, 0.25) is 0 Å². The Morgan fingerprint density at radius 2 is 1.12 bits per heavy atom. The van der Waals surface area contributed by atoms with Gasteiger partial charge in [-0.3, -0.25) is 0 Å². The highest BCUT2D eigenvalue weighted by Gasteiger charge is 2.37. The maximum Gasteiger partial charge on any atom is 0.0580 e. The second-order valence-electron chi connectivity index (χ2n) is 14.1. The highest BCUT2D eigenvalue weighted by Crippen LogP contribution is 2.49. The van der Waals surface area contributed by atoms with E-state index in [1.54, 1.807) is 0 Å². The first-order valence-corrected chi connectivity index (χ1v) is 15.7. The van der Waals surface area contributed by atoms with Gasteiger partial charge < -0.3 is 9.55 Å². The van der Waals surface area contributed by atoms with Crippen LogP contribution in [0.25, 0.3) is 65.2 Å². The molecule has 1 aliphatic carbocycles. The summed E-state index contributed by atoms with van der Waals surface area (Å²) in [6.45, 7) is 10.5. The van der Waals surface area contributed by atoms with Gasteiger partial charge in [-0.05, 0) is 80.8 Å². The van der Waals surface area contributed by atoms with Crippen molar-refractivity contribution in [2.45, 2.75) is 57.9 Å². The van der Waals surface area contributed by atoms with Crippen molar-refractivity contribution in [1.29, 1.82) is 0 Å². The van der Waals surface area contributed by atoms with Gasteiger partial charge in [-0.25, -0.2) is 0 Å². The van der Waals surface area contributed by atoms with Crippen molar-refractivity contribution in [2.24, 2.45) is 0 Å². The molecular weight excluding hydrogens is 520 g/mol. The fourth-order valence-corrected chi connectivity index (χ4v) is 8.15. The Bertz CT molecular complexity index is 2410. The maximum absolute atomic E-state index is 3.88. The van der Waals surface area contributed by atoms with E-state index in [2.05, 4.69) is 140 Å². The van der Waals surface area contributed by atoms with Crippen molar-refractivity contribution in [2.75, 3.05) is 0 Å². The van der Waals surface area contributed by atoms with Gasteiger partial charge in [0.15, 0.2) is 0 Å². The summed E-state index contributed by atoms with van der Waals surface area (Å²) in [5, 5.41) is 10.6. The molecule has 0 fully saturated rings. The quantitative estimate of drug-likeness (QED) is 0.204. The zero-order chi connectivity index (χ0) is 29.1. The third-order valence-corrected chi connectivity index (χ3v) is 10.6. The number of benzene rings is 6. The smallest absolute Gasteiger partial charge is 0.0580 e. The van der Waals surface area contributed by atoms with Crippen molar-refractivity contribution < 1.29 is 0 Å². The fraction of sp³-hybridized carbons (Fsp3) is 0.220. The molecule has 43 heavy (non-hydrogen) atoms. The Morgan fingerprint density at radius 1 is 0.558 bits per heavy atom. The van der Waals surface area contributed by atoms with Crippen LogP contribution in [0.1, 0.15) is 57.2 Å². The van der Waals surface area contributed by atoms with Gasteiger partial charge >= 0.3 is 0 Å². The molecule has 0 aliphatic heterocycles. The monoisotopic (exact) mass is 556 g/mol. The van der Waals surface area contributed by atoms with Crippen LogP contribution >= 0.6 is 0 Å². The number of hydrogen-bond donors (Lipinski definition) is 1. The van der Waals surface area contributed by atoms with E-state index in [1.165, 1.54) is 94.7 Å². The number of aromatic nitrogens is 2. The summed E-state index contributed by atoms with van der Waals surface area (Å²) in [4.78, 5) is 3.88. The van der Waals surface area contributed by atoms with Gasteiger partial charge in [0.1, 0.15) is 0 Å². The number of nitrogens with one attached hydrogen (secondary N) is 1. The van der Waals surface area contributed by atoms with Gasteiger partial charge in [0.05, 0.1) is 11.0 Å². The molecule has 9 rings (SSSR count). The molecule has 2 heterocycles. The molecule has 0 amide bonds. The molecule has 2 heteroatoms. The summed E-state index contributed by atoms with van der Waals surface area (Å²) in [6, 6.07) is 38.7. The van der Waals surface area contributed by atoms with Gasteiger partial charge in [0.25, 0.3) is 0 Å². The second-order valence-corrected chi connectivity index (χ2v) is 14.1. The van der Waals surface area contributed by atoms with Crippen LogP contribution in [-0.2, 0) is 17.4 Å². The summed E-state index contributed by atoms with van der Waals surface area (Å²) in [6.07, 6.45) is 2.44. The minimum absolute atomic E-state index is 0.174. The van der Waals surface area contributed by atoms with E-state index in [-0.39, 0.29) is 10.8 Å². The van der Waals surface area contributed by atoms with Crippen molar-refractivity contribution in [3.8, 4) is 0 Å². The SMILES string of the molecule is CC1(C)CCC(C)(C)c2cc3c(cc21)[nH]c1cc2c(cc13)c1c3ccccc3c3ccccc3c1n2Cc1ccccc1. The van der Waals surface area contributed by atoms with E-state index in [0.717, 1.165) is 6.54 Å². The van der Waals surface area contributed by atoms with Gasteiger partial charge in [-0.15, -0.1) is 0 Å². The average Bonchev–Trinajstić information content (AvgIpc) is 3.53. The molecule has 0 saturated heterocycles. The molecule has 8 aromatic rings. The molecule has 0 spiro atoms. The average molecular weight is 557 g/mol. The molecule has 0 atom stereocenters. The Hall–Kier alpha value is -4.56. The van der Waals surface area contributed by atoms with E-state index in [9.17, 15) is 0 Å². The zero-order valence-electron chi connectivity index (χ0n) is 25.4. The Balaban J connectivity index is 1.45. The van der Waals surface area contributed by atoms with Crippen LogP contribution in [-0.4, -0.2) is 9.55 Å². The summed E-state index contributed by atoms with van der Waals surface area (Å²) < 4.78 is 2.57. The Morgan fingerprint density at radius 3 is 1.84 bits per heavy atom. The molecule has 1 aliphatic rings. The van der Waals surface area contributed by atoms with E-state index < -0.39 is 0 Å². The lowest BCUT2D eigenvalue weighted by Gasteiger charge is -2.41. The number of H-pyrrole nitrogens is 1. The minimum Gasteiger partial charge on any atom is -0.354 e. The first kappa shape index (κ1) is 25.0. The van der Waals surface area contributed by atoms with Crippen molar-refractivity contribution in [3.05, 3.63) is 120 Å². The Labute approximate surface area is 251 Å². The largest absolute Gasteiger partial charge is 0.354 e. The molecule has 0 unspecified atom stereocenters. The maximum atomic E-state index is 3.88. The van der Waals surface area contributed by atoms with Gasteiger partial charge in [-0.1, -0.05) is 107 Å². The van der Waals surface area contributed by atoms with Gasteiger partial charge in [-0.2, -0.15) is 0 Å². The van der Waals surface area contributed by atoms with E-state index in [1.807, 2.05) is 0 Å². The number of aromatic amines is 1. The third-order valence-electron chi connectivity index (χ3n) is 10.6. The topological polar surface area (TPSA) is 20.7 Å². The highest BCUT2D eigenvalue weighted by atomic mass is 15.0. The van der Waals surface area contributed by atoms with Crippen LogP contribution in [0.2, 0.25) is 0 Å². The lowest BCUT2D eigenvalue weighted by atomic mass is 9.63. The van der Waals surface area contributed by atoms with Gasteiger partial charge in [0, 0.05) is 44.5 Å². The number of nitrogens with zero attached hydrogens (tertiary/aromatic N) is 1. The number of hydrogen-bond acceptors (Lipinski definition) is 0. The van der Waals surface area contributed by atoms with Crippen LogP contribution < -0.4 is 0 Å². The van der Waals surface area contributed by atoms with Crippen molar-refractivity contribution in [3.63, 3.8) is 0 Å². The molecular formula is C41H36N2. The molecule has 1 N–H and O–H groups in total. The lowest BCUT2D eigenvalue weighted by Crippen LogP contribution is -2.33.